The van der Waals surface area contributed by atoms with Gasteiger partial charge in [-0.25, -0.2) is 8.42 Å². The van der Waals surface area contributed by atoms with Crippen LogP contribution in [-0.2, 0) is 10.0 Å². The Hall–Kier alpha value is -1.14. The molecule has 2 unspecified atom stereocenters. The molecule has 5 nitrogen and oxygen atoms in total. The summed E-state index contributed by atoms with van der Waals surface area (Å²) in [6, 6.07) is 2.76. The third kappa shape index (κ3) is 2.42. The molecule has 110 valence electrons. The first-order chi connectivity index (χ1) is 9.61. The second-order valence-electron chi connectivity index (χ2n) is 5.73. The fourth-order valence-electron chi connectivity index (χ4n) is 3.45. The van der Waals surface area contributed by atoms with E-state index < -0.39 is 10.0 Å². The minimum Gasteiger partial charge on any atom is -0.440 e. The highest BCUT2D eigenvalue weighted by molar-refractivity contribution is 7.89. The Morgan fingerprint density at radius 2 is 1.90 bits per heavy atom. The summed E-state index contributed by atoms with van der Waals surface area (Å²) < 4.78 is 31.6. The number of fused-ring (bicyclic) bond motifs is 1. The number of furan rings is 1. The molecule has 1 aromatic heterocycles. The molecule has 0 bridgehead atoms. The van der Waals surface area contributed by atoms with Crippen LogP contribution in [0.1, 0.15) is 42.7 Å². The molecule has 0 spiro atoms. The summed E-state index contributed by atoms with van der Waals surface area (Å²) in [5, 5.41) is -0.117. The Labute approximate surface area is 119 Å². The minimum atomic E-state index is -3.59. The highest BCUT2D eigenvalue weighted by Gasteiger charge is 2.37. The quantitative estimate of drug-likeness (QED) is 0.803. The van der Waals surface area contributed by atoms with Gasteiger partial charge >= 0.3 is 0 Å². The van der Waals surface area contributed by atoms with Gasteiger partial charge in [-0.3, -0.25) is 4.79 Å². The lowest BCUT2D eigenvalue weighted by Gasteiger charge is -2.40. The lowest BCUT2D eigenvalue weighted by atomic mass is 9.76. The maximum atomic E-state index is 12.5. The summed E-state index contributed by atoms with van der Waals surface area (Å²) in [7, 11) is -3.59. The topological polar surface area (TPSA) is 67.6 Å². The summed E-state index contributed by atoms with van der Waals surface area (Å²) >= 11 is 0. The molecular weight excluding hydrogens is 278 g/mol. The van der Waals surface area contributed by atoms with Gasteiger partial charge in [0.25, 0.3) is 10.0 Å². The summed E-state index contributed by atoms with van der Waals surface area (Å²) in [6.45, 7) is 1.14. The largest absolute Gasteiger partial charge is 0.440 e. The maximum absolute atomic E-state index is 12.5. The Kier molecular flexibility index (Phi) is 3.69. The van der Waals surface area contributed by atoms with Crippen LogP contribution < -0.4 is 0 Å². The van der Waals surface area contributed by atoms with Crippen LogP contribution in [0, 0.1) is 11.8 Å². The molecule has 2 atom stereocenters. The summed E-state index contributed by atoms with van der Waals surface area (Å²) in [5.41, 5.74) is 0. The fraction of sp³-hybridized carbons (Fsp3) is 0.643. The molecule has 1 aromatic rings. The van der Waals surface area contributed by atoms with Crippen molar-refractivity contribution in [3.8, 4) is 0 Å². The van der Waals surface area contributed by atoms with Gasteiger partial charge in [-0.15, -0.1) is 0 Å². The fourth-order valence-corrected chi connectivity index (χ4v) is 4.88. The molecule has 2 fully saturated rings. The second-order valence-corrected chi connectivity index (χ2v) is 7.60. The van der Waals surface area contributed by atoms with E-state index in [2.05, 4.69) is 0 Å². The predicted molar refractivity (Wildman–Crippen MR) is 72.9 cm³/mol. The minimum absolute atomic E-state index is 0.0520. The van der Waals surface area contributed by atoms with E-state index in [0.717, 1.165) is 12.8 Å². The monoisotopic (exact) mass is 297 g/mol. The smallest absolute Gasteiger partial charge is 0.276 e. The van der Waals surface area contributed by atoms with Crippen LogP contribution in [0.25, 0.3) is 0 Å². The molecule has 0 aromatic carbocycles. The number of rotatable bonds is 3. The van der Waals surface area contributed by atoms with Crippen molar-refractivity contribution >= 4 is 16.3 Å². The van der Waals surface area contributed by atoms with E-state index in [9.17, 15) is 13.2 Å². The number of carbonyl (C=O) groups excluding carboxylic acids is 1. The summed E-state index contributed by atoms with van der Waals surface area (Å²) in [5.74, 6) is 1.21. The van der Waals surface area contributed by atoms with Gasteiger partial charge in [0.15, 0.2) is 12.0 Å². The van der Waals surface area contributed by atoms with Crippen LogP contribution in [0.5, 0.6) is 0 Å². The van der Waals surface area contributed by atoms with Crippen molar-refractivity contribution in [1.29, 1.82) is 0 Å². The average molecular weight is 297 g/mol. The van der Waals surface area contributed by atoms with Crippen LogP contribution in [0.2, 0.25) is 0 Å². The molecule has 0 N–H and O–H groups in total. The number of hydrogen-bond acceptors (Lipinski definition) is 4. The zero-order valence-corrected chi connectivity index (χ0v) is 12.1. The maximum Gasteiger partial charge on any atom is 0.276 e. The number of carbonyl (C=O) groups is 1. The predicted octanol–water partition coefficient (Wildman–Crippen LogP) is 2.29. The molecule has 3 rings (SSSR count). The molecule has 1 aliphatic carbocycles. The van der Waals surface area contributed by atoms with Gasteiger partial charge in [-0.1, -0.05) is 19.3 Å². The van der Waals surface area contributed by atoms with E-state index in [4.69, 9.17) is 4.42 Å². The van der Waals surface area contributed by atoms with Crippen molar-refractivity contribution in [3.63, 3.8) is 0 Å². The van der Waals surface area contributed by atoms with E-state index in [1.165, 1.54) is 35.7 Å². The lowest BCUT2D eigenvalue weighted by molar-refractivity contribution is 0.109. The summed E-state index contributed by atoms with van der Waals surface area (Å²) in [6.07, 6.45) is 6.28. The molecule has 1 saturated heterocycles. The molecule has 20 heavy (non-hydrogen) atoms. The van der Waals surface area contributed by atoms with Crippen LogP contribution in [0.4, 0.5) is 0 Å². The van der Waals surface area contributed by atoms with Crippen molar-refractivity contribution in [2.24, 2.45) is 11.8 Å². The molecule has 0 amide bonds. The third-order valence-electron chi connectivity index (χ3n) is 4.57. The first kappa shape index (κ1) is 13.8. The average Bonchev–Trinajstić information content (AvgIpc) is 2.96. The van der Waals surface area contributed by atoms with Gasteiger partial charge in [0.1, 0.15) is 0 Å². The van der Waals surface area contributed by atoms with E-state index in [1.54, 1.807) is 0 Å². The van der Waals surface area contributed by atoms with E-state index in [1.807, 2.05) is 0 Å². The van der Waals surface area contributed by atoms with Crippen molar-refractivity contribution < 1.29 is 17.6 Å². The van der Waals surface area contributed by atoms with Gasteiger partial charge < -0.3 is 4.42 Å². The van der Waals surface area contributed by atoms with Crippen LogP contribution >= 0.6 is 0 Å². The normalized spacial score (nSPS) is 28.0. The zero-order chi connectivity index (χ0) is 14.2. The zero-order valence-electron chi connectivity index (χ0n) is 11.3. The molecular formula is C14H19NO4S. The number of hydrogen-bond donors (Lipinski definition) is 0. The van der Waals surface area contributed by atoms with E-state index in [-0.39, 0.29) is 10.9 Å². The molecule has 0 radical (unpaired) electrons. The highest BCUT2D eigenvalue weighted by Crippen LogP contribution is 2.37. The Morgan fingerprint density at radius 3 is 2.60 bits per heavy atom. The standard InChI is InChI=1S/C14H19NO4S/c16-10-13-5-6-14(19-13)20(17,18)15-8-7-11-3-1-2-4-12(11)9-15/h5-6,10-12H,1-4,7-9H2. The third-order valence-corrected chi connectivity index (χ3v) is 6.31. The molecule has 1 aliphatic heterocycles. The first-order valence-electron chi connectivity index (χ1n) is 7.16. The van der Waals surface area contributed by atoms with E-state index >= 15 is 0 Å². The van der Waals surface area contributed by atoms with Crippen LogP contribution in [0.15, 0.2) is 21.6 Å². The van der Waals surface area contributed by atoms with Gasteiger partial charge in [-0.05, 0) is 36.8 Å². The number of piperidine rings is 1. The van der Waals surface area contributed by atoms with Crippen LogP contribution in [-0.4, -0.2) is 32.1 Å². The lowest BCUT2D eigenvalue weighted by Crippen LogP contribution is -2.44. The van der Waals surface area contributed by atoms with Crippen molar-refractivity contribution in [3.05, 3.63) is 17.9 Å². The molecule has 2 heterocycles. The van der Waals surface area contributed by atoms with Gasteiger partial charge in [0, 0.05) is 13.1 Å². The van der Waals surface area contributed by atoms with Crippen molar-refractivity contribution in [2.75, 3.05) is 13.1 Å². The Bertz CT molecular complexity index is 592. The van der Waals surface area contributed by atoms with Crippen LogP contribution in [0.3, 0.4) is 0 Å². The SMILES string of the molecule is O=Cc1ccc(S(=O)(=O)N2CCC3CCCCC3C2)o1. The highest BCUT2D eigenvalue weighted by atomic mass is 32.2. The van der Waals surface area contributed by atoms with Gasteiger partial charge in [0.2, 0.25) is 5.09 Å². The molecule has 6 heteroatoms. The van der Waals surface area contributed by atoms with Gasteiger partial charge in [0.05, 0.1) is 0 Å². The Morgan fingerprint density at radius 1 is 1.15 bits per heavy atom. The van der Waals surface area contributed by atoms with Gasteiger partial charge in [-0.2, -0.15) is 4.31 Å². The Balaban J connectivity index is 1.79. The first-order valence-corrected chi connectivity index (χ1v) is 8.60. The molecule has 2 aliphatic rings. The second kappa shape index (κ2) is 5.33. The van der Waals surface area contributed by atoms with Crippen molar-refractivity contribution in [2.45, 2.75) is 37.2 Å². The van der Waals surface area contributed by atoms with Crippen molar-refractivity contribution in [1.82, 2.24) is 4.31 Å². The molecule has 1 saturated carbocycles. The number of sulfonamides is 1. The summed E-state index contributed by atoms with van der Waals surface area (Å²) in [4.78, 5) is 10.6. The number of aldehydes is 1. The van der Waals surface area contributed by atoms with E-state index in [0.29, 0.717) is 31.2 Å². The number of nitrogens with zero attached hydrogens (tertiary/aromatic N) is 1.